The second-order valence-corrected chi connectivity index (χ2v) is 22.2. The van der Waals surface area contributed by atoms with E-state index in [1.807, 2.05) is 0 Å². The second-order valence-electron chi connectivity index (χ2n) is 22.2. The molecule has 10 aromatic rings. The van der Waals surface area contributed by atoms with Crippen molar-refractivity contribution in [3.05, 3.63) is 235 Å². The number of anilines is 5. The molecule has 75 heavy (non-hydrogen) atoms. The first-order valence-electron chi connectivity index (χ1n) is 27.3. The molecule has 0 bridgehead atoms. The van der Waals surface area contributed by atoms with Crippen LogP contribution in [0.15, 0.2) is 218 Å². The van der Waals surface area contributed by atoms with E-state index in [9.17, 15) is 0 Å². The number of aryl methyl sites for hydroxylation is 1. The molecule has 0 N–H and O–H groups in total. The van der Waals surface area contributed by atoms with Gasteiger partial charge in [-0.1, -0.05) is 199 Å². The van der Waals surface area contributed by atoms with Gasteiger partial charge in [-0.15, -0.1) is 0 Å². The number of hydrogen-bond donors (Lipinski definition) is 0. The predicted molar refractivity (Wildman–Crippen MR) is 317 cm³/mol. The largest absolute Gasteiger partial charge is 0.458 e. The first-order chi connectivity index (χ1) is 36.8. The fourth-order valence-corrected chi connectivity index (χ4v) is 13.0. The van der Waals surface area contributed by atoms with Gasteiger partial charge in [-0.3, -0.25) is 0 Å². The quantitative estimate of drug-likeness (QED) is 0.101. The van der Waals surface area contributed by atoms with Crippen molar-refractivity contribution in [2.24, 2.45) is 0 Å². The predicted octanol–water partition coefficient (Wildman–Crippen LogP) is 16.7. The molecule has 0 saturated heterocycles. The van der Waals surface area contributed by atoms with Crippen LogP contribution in [-0.2, 0) is 11.8 Å². The van der Waals surface area contributed by atoms with Crippen molar-refractivity contribution in [2.75, 3.05) is 9.80 Å². The lowest BCUT2D eigenvalue weighted by molar-refractivity contribution is 0.486. The van der Waals surface area contributed by atoms with Crippen LogP contribution in [0.3, 0.4) is 0 Å². The van der Waals surface area contributed by atoms with Gasteiger partial charge in [-0.25, -0.2) is 0 Å². The second kappa shape index (κ2) is 18.0. The van der Waals surface area contributed by atoms with Crippen LogP contribution in [0.25, 0.3) is 49.7 Å². The third kappa shape index (κ3) is 7.41. The summed E-state index contributed by atoms with van der Waals surface area (Å²) >= 11 is 0. The zero-order valence-electron chi connectivity index (χ0n) is 43.3. The lowest BCUT2D eigenvalue weighted by Crippen LogP contribution is -2.59. The van der Waals surface area contributed by atoms with E-state index in [0.29, 0.717) is 0 Å². The number of nitrogens with zero attached hydrogens (tertiary/aromatic N) is 3. The third-order valence-corrected chi connectivity index (χ3v) is 16.6. The number of ether oxygens (including phenoxy) is 1. The molecule has 4 heterocycles. The van der Waals surface area contributed by atoms with Gasteiger partial charge in [0.15, 0.2) is 0 Å². The van der Waals surface area contributed by atoms with Gasteiger partial charge in [0.25, 0.3) is 6.71 Å². The van der Waals surface area contributed by atoms with E-state index in [-0.39, 0.29) is 24.1 Å². The molecule has 0 saturated carbocycles. The summed E-state index contributed by atoms with van der Waals surface area (Å²) in [7, 11) is 0. The summed E-state index contributed by atoms with van der Waals surface area (Å²) in [5.41, 5.74) is 21.8. The molecule has 0 amide bonds. The summed E-state index contributed by atoms with van der Waals surface area (Å²) in [5.74, 6) is 2.12. The highest BCUT2D eigenvalue weighted by molar-refractivity contribution is 6.99. The van der Waals surface area contributed by atoms with Crippen molar-refractivity contribution in [3.8, 4) is 39.4 Å². The number of para-hydroxylation sites is 3. The van der Waals surface area contributed by atoms with Gasteiger partial charge in [0.2, 0.25) is 0 Å². The number of allylic oxidation sites excluding steroid dienone is 2. The Labute approximate surface area is 442 Å². The third-order valence-electron chi connectivity index (χ3n) is 16.6. The van der Waals surface area contributed by atoms with Gasteiger partial charge in [-0.2, -0.15) is 0 Å². The maximum atomic E-state index is 7.49. The molecule has 9 aromatic carbocycles. The highest BCUT2D eigenvalue weighted by Crippen LogP contribution is 2.53. The molecule has 5 heteroatoms. The lowest BCUT2D eigenvalue weighted by Gasteiger charge is -2.43. The van der Waals surface area contributed by atoms with Crippen molar-refractivity contribution in [1.29, 1.82) is 0 Å². The number of fused-ring (bicyclic) bond motifs is 10. The fraction of sp³-hybridized carbons (Fsp3) is 0.171. The average Bonchev–Trinajstić information content (AvgIpc) is 3.97. The molecule has 1 aliphatic carbocycles. The highest BCUT2D eigenvalue weighted by atomic mass is 16.5. The number of aromatic nitrogens is 1. The number of hydrogen-bond acceptors (Lipinski definition) is 3. The van der Waals surface area contributed by atoms with Gasteiger partial charge < -0.3 is 19.1 Å². The molecule has 364 valence electrons. The molecule has 3 aliphatic heterocycles. The Kier molecular flexibility index (Phi) is 10.9. The summed E-state index contributed by atoms with van der Waals surface area (Å²) in [6.45, 7) is 9.23. The Balaban J connectivity index is 1.06. The summed E-state index contributed by atoms with van der Waals surface area (Å²) in [5, 5.41) is 2.50. The van der Waals surface area contributed by atoms with Crippen LogP contribution < -0.4 is 30.9 Å². The van der Waals surface area contributed by atoms with Crippen LogP contribution in [0.5, 0.6) is 11.5 Å². The molecule has 4 nitrogen and oxygen atoms in total. The Morgan fingerprint density at radius 2 is 1.17 bits per heavy atom. The Morgan fingerprint density at radius 1 is 0.533 bits per heavy atom. The van der Waals surface area contributed by atoms with Gasteiger partial charge in [-0.05, 0) is 123 Å². The molecule has 2 atom stereocenters. The first-order valence-corrected chi connectivity index (χ1v) is 27.3. The first kappa shape index (κ1) is 45.3. The molecule has 2 unspecified atom stereocenters. The minimum absolute atomic E-state index is 0.0919. The molecule has 4 aliphatic rings. The standard InChI is InChI=1S/C70H60BN3O/c1-5-6-7-10-23-46-40-65-68-67(41-46)75-66-45-51(73-62-34-21-17-30-54(62)55-31-18-22-35-63(55)73)37-39-59(66)71(68)58-38-36-50(72-60-32-19-15-28-52(60)53-29-16-20-33-61(53)72)44-64(58)74(65)69-56(47-24-11-8-12-25-47)42-49(70(2,3)4)43-57(69)48-26-13-9-14-27-48/h8-9,11-22,24-45,52,60H,5-7,10,23H2,1-4H3. The fourth-order valence-electron chi connectivity index (χ4n) is 13.0. The van der Waals surface area contributed by atoms with Crippen LogP contribution in [0.1, 0.15) is 76.0 Å². The van der Waals surface area contributed by atoms with E-state index in [1.165, 1.54) is 125 Å². The SMILES string of the molecule is CCCCCCc1cc2c3c(c1)N(c1c(-c4ccccc4)cc(C(C)(C)C)cc1-c1ccccc1)c1cc(N4c5ccccc5C5C=CC=CC54)ccc1B3c1ccc(-n3c4ccccc4c4ccccc43)cc1O2. The maximum Gasteiger partial charge on any atom is 0.256 e. The lowest BCUT2D eigenvalue weighted by atomic mass is 9.34. The summed E-state index contributed by atoms with van der Waals surface area (Å²) < 4.78 is 9.90. The number of unbranched alkanes of at least 4 members (excludes halogenated alkanes) is 3. The topological polar surface area (TPSA) is 20.6 Å². The maximum absolute atomic E-state index is 7.49. The van der Waals surface area contributed by atoms with E-state index < -0.39 is 0 Å². The molecular formula is C70H60BN3O. The minimum Gasteiger partial charge on any atom is -0.458 e. The van der Waals surface area contributed by atoms with Gasteiger partial charge in [0, 0.05) is 62.3 Å². The van der Waals surface area contributed by atoms with E-state index in [2.05, 4.69) is 260 Å². The zero-order chi connectivity index (χ0) is 50.4. The summed E-state index contributed by atoms with van der Waals surface area (Å²) in [4.78, 5) is 5.26. The summed E-state index contributed by atoms with van der Waals surface area (Å²) in [6.07, 6.45) is 14.9. The van der Waals surface area contributed by atoms with Crippen LogP contribution in [-0.4, -0.2) is 17.3 Å². The van der Waals surface area contributed by atoms with Crippen LogP contribution >= 0.6 is 0 Å². The smallest absolute Gasteiger partial charge is 0.256 e. The Morgan fingerprint density at radius 3 is 1.88 bits per heavy atom. The Hall–Kier alpha value is -8.28. The normalized spacial score (nSPS) is 15.9. The molecular weight excluding hydrogens is 910 g/mol. The van der Waals surface area contributed by atoms with Gasteiger partial charge in [0.1, 0.15) is 11.5 Å². The molecule has 0 radical (unpaired) electrons. The van der Waals surface area contributed by atoms with Crippen LogP contribution in [0.2, 0.25) is 0 Å². The van der Waals surface area contributed by atoms with E-state index in [0.717, 1.165) is 30.0 Å². The van der Waals surface area contributed by atoms with E-state index in [1.54, 1.807) is 0 Å². The molecule has 0 fully saturated rings. The number of rotatable bonds is 10. The van der Waals surface area contributed by atoms with Crippen LogP contribution in [0, 0.1) is 0 Å². The monoisotopic (exact) mass is 969 g/mol. The van der Waals surface area contributed by atoms with E-state index in [4.69, 9.17) is 4.74 Å². The zero-order valence-corrected chi connectivity index (χ0v) is 43.3. The van der Waals surface area contributed by atoms with Crippen molar-refractivity contribution in [2.45, 2.75) is 77.2 Å². The molecule has 0 spiro atoms. The van der Waals surface area contributed by atoms with Crippen molar-refractivity contribution < 1.29 is 4.74 Å². The highest BCUT2D eigenvalue weighted by Gasteiger charge is 2.45. The minimum atomic E-state index is -0.113. The van der Waals surface area contributed by atoms with Crippen LogP contribution in [0.4, 0.5) is 28.4 Å². The van der Waals surface area contributed by atoms with Crippen molar-refractivity contribution in [1.82, 2.24) is 4.57 Å². The van der Waals surface area contributed by atoms with Crippen molar-refractivity contribution >= 4 is 73.3 Å². The van der Waals surface area contributed by atoms with Gasteiger partial charge >= 0.3 is 0 Å². The summed E-state index contributed by atoms with van der Waals surface area (Å²) in [6, 6.07) is 73.2. The van der Waals surface area contributed by atoms with E-state index >= 15 is 0 Å². The average molecular weight is 970 g/mol. The molecule has 1 aromatic heterocycles. The molecule has 14 rings (SSSR count). The van der Waals surface area contributed by atoms with Gasteiger partial charge in [0.05, 0.1) is 22.8 Å². The Bertz CT molecular complexity index is 3820. The van der Waals surface area contributed by atoms with Crippen molar-refractivity contribution in [3.63, 3.8) is 0 Å². The number of benzene rings is 9.